The van der Waals surface area contributed by atoms with E-state index in [1.54, 1.807) is 0 Å². The van der Waals surface area contributed by atoms with Crippen molar-refractivity contribution in [2.24, 2.45) is 0 Å². The Kier molecular flexibility index (Phi) is 5.01. The molecule has 0 bridgehead atoms. The van der Waals surface area contributed by atoms with Crippen LogP contribution < -0.4 is 10.9 Å². The van der Waals surface area contributed by atoms with Crippen molar-refractivity contribution in [1.82, 2.24) is 5.43 Å². The summed E-state index contributed by atoms with van der Waals surface area (Å²) in [6.45, 7) is 6.76. The third kappa shape index (κ3) is 4.29. The highest BCUT2D eigenvalue weighted by molar-refractivity contribution is 9.10. The first-order valence-corrected chi connectivity index (χ1v) is 7.69. The number of hydrogen-bond acceptors (Lipinski definition) is 2. The van der Waals surface area contributed by atoms with Gasteiger partial charge in [-0.05, 0) is 45.1 Å². The predicted octanol–water partition coefficient (Wildman–Crippen LogP) is 5.00. The molecule has 0 saturated heterocycles. The second-order valence-electron chi connectivity index (χ2n) is 6.03. The molecule has 0 atom stereocenters. The fourth-order valence-corrected chi connectivity index (χ4v) is 2.47. The van der Waals surface area contributed by atoms with Gasteiger partial charge < -0.3 is 5.43 Å². The summed E-state index contributed by atoms with van der Waals surface area (Å²) in [7, 11) is 0. The SMILES string of the molecule is CC(C)(C)c1cc(Br)c(F)c(CNNc2ccccc2)c1. The van der Waals surface area contributed by atoms with Crippen molar-refractivity contribution in [2.75, 3.05) is 5.43 Å². The van der Waals surface area contributed by atoms with Gasteiger partial charge in [0.1, 0.15) is 5.82 Å². The molecule has 4 heteroatoms. The number of halogens is 2. The molecule has 0 spiro atoms. The van der Waals surface area contributed by atoms with E-state index in [0.717, 1.165) is 11.3 Å². The van der Waals surface area contributed by atoms with Crippen LogP contribution in [0.1, 0.15) is 31.9 Å². The molecule has 0 heterocycles. The van der Waals surface area contributed by atoms with Crippen molar-refractivity contribution in [2.45, 2.75) is 32.7 Å². The number of benzene rings is 2. The quantitative estimate of drug-likeness (QED) is 0.758. The number of nitrogens with one attached hydrogen (secondary N) is 2. The second-order valence-corrected chi connectivity index (χ2v) is 6.88. The zero-order valence-electron chi connectivity index (χ0n) is 12.5. The third-order valence-electron chi connectivity index (χ3n) is 3.25. The Hall–Kier alpha value is -1.39. The molecule has 2 nitrogen and oxygen atoms in total. The largest absolute Gasteiger partial charge is 0.321 e. The fourth-order valence-electron chi connectivity index (χ4n) is 1.97. The number of para-hydroxylation sites is 1. The summed E-state index contributed by atoms with van der Waals surface area (Å²) in [6.07, 6.45) is 0. The van der Waals surface area contributed by atoms with Gasteiger partial charge in [0.15, 0.2) is 0 Å². The highest BCUT2D eigenvalue weighted by Crippen LogP contribution is 2.29. The van der Waals surface area contributed by atoms with E-state index in [9.17, 15) is 4.39 Å². The molecule has 2 aromatic carbocycles. The lowest BCUT2D eigenvalue weighted by Gasteiger charge is -2.21. The summed E-state index contributed by atoms with van der Waals surface area (Å²) >= 11 is 3.30. The van der Waals surface area contributed by atoms with Gasteiger partial charge in [0, 0.05) is 17.8 Å². The minimum atomic E-state index is -0.217. The molecule has 112 valence electrons. The average molecular weight is 351 g/mol. The van der Waals surface area contributed by atoms with Crippen LogP contribution in [0.4, 0.5) is 10.1 Å². The minimum Gasteiger partial charge on any atom is -0.321 e. The van der Waals surface area contributed by atoms with Crippen LogP contribution in [-0.4, -0.2) is 0 Å². The second kappa shape index (κ2) is 6.58. The van der Waals surface area contributed by atoms with Crippen LogP contribution in [-0.2, 0) is 12.0 Å². The molecule has 21 heavy (non-hydrogen) atoms. The Labute approximate surface area is 133 Å². The maximum absolute atomic E-state index is 14.2. The lowest BCUT2D eigenvalue weighted by atomic mass is 9.86. The topological polar surface area (TPSA) is 24.1 Å². The minimum absolute atomic E-state index is 0.0160. The lowest BCUT2D eigenvalue weighted by molar-refractivity contribution is 0.567. The van der Waals surface area contributed by atoms with Gasteiger partial charge in [-0.15, -0.1) is 0 Å². The molecule has 2 rings (SSSR count). The Balaban J connectivity index is 2.11. The highest BCUT2D eigenvalue weighted by Gasteiger charge is 2.18. The highest BCUT2D eigenvalue weighted by atomic mass is 79.9. The van der Waals surface area contributed by atoms with Gasteiger partial charge in [-0.3, -0.25) is 0 Å². The van der Waals surface area contributed by atoms with Gasteiger partial charge in [0.05, 0.1) is 4.47 Å². The van der Waals surface area contributed by atoms with Crippen LogP contribution in [0.5, 0.6) is 0 Å². The Morgan fingerprint density at radius 2 is 1.76 bits per heavy atom. The number of anilines is 1. The third-order valence-corrected chi connectivity index (χ3v) is 3.83. The van der Waals surface area contributed by atoms with Crippen molar-refractivity contribution in [3.63, 3.8) is 0 Å². The van der Waals surface area contributed by atoms with E-state index >= 15 is 0 Å². The Morgan fingerprint density at radius 3 is 2.38 bits per heavy atom. The number of rotatable bonds is 4. The first kappa shape index (κ1) is 16.0. The number of hydrazine groups is 1. The van der Waals surface area contributed by atoms with Gasteiger partial charge in [-0.25, -0.2) is 9.82 Å². The summed E-state index contributed by atoms with van der Waals surface area (Å²) in [6, 6.07) is 13.5. The van der Waals surface area contributed by atoms with Gasteiger partial charge >= 0.3 is 0 Å². The van der Waals surface area contributed by atoms with Crippen LogP contribution in [0.3, 0.4) is 0 Å². The van der Waals surface area contributed by atoms with Gasteiger partial charge in [-0.1, -0.05) is 45.0 Å². The lowest BCUT2D eigenvalue weighted by Crippen LogP contribution is -2.22. The van der Waals surface area contributed by atoms with Crippen LogP contribution >= 0.6 is 15.9 Å². The van der Waals surface area contributed by atoms with Crippen LogP contribution in [0.2, 0.25) is 0 Å². The van der Waals surface area contributed by atoms with Gasteiger partial charge in [0.2, 0.25) is 0 Å². The average Bonchev–Trinajstić information content (AvgIpc) is 2.43. The monoisotopic (exact) mass is 350 g/mol. The smallest absolute Gasteiger partial charge is 0.141 e. The number of hydrogen-bond donors (Lipinski definition) is 2. The molecule has 0 radical (unpaired) electrons. The van der Waals surface area contributed by atoms with E-state index in [4.69, 9.17) is 0 Å². The first-order valence-electron chi connectivity index (χ1n) is 6.90. The van der Waals surface area contributed by atoms with E-state index in [1.165, 1.54) is 0 Å². The van der Waals surface area contributed by atoms with E-state index in [2.05, 4.69) is 47.6 Å². The maximum Gasteiger partial charge on any atom is 0.141 e. The van der Waals surface area contributed by atoms with Crippen molar-refractivity contribution in [3.05, 3.63) is 63.9 Å². The molecule has 0 amide bonds. The molecular formula is C17H20BrFN2. The summed E-state index contributed by atoms with van der Waals surface area (Å²) in [5, 5.41) is 0. The zero-order valence-corrected chi connectivity index (χ0v) is 14.1. The summed E-state index contributed by atoms with van der Waals surface area (Å²) < 4.78 is 14.7. The standard InChI is InChI=1S/C17H20BrFN2/c1-17(2,3)13-9-12(16(19)15(18)10-13)11-20-21-14-7-5-4-6-8-14/h4-10,20-21H,11H2,1-3H3. The Morgan fingerprint density at radius 1 is 1.10 bits per heavy atom. The molecule has 2 aromatic rings. The fraction of sp³-hybridized carbons (Fsp3) is 0.294. The van der Waals surface area contributed by atoms with Crippen molar-refractivity contribution < 1.29 is 4.39 Å². The summed E-state index contributed by atoms with van der Waals surface area (Å²) in [5.74, 6) is -0.217. The van der Waals surface area contributed by atoms with E-state index in [-0.39, 0.29) is 11.2 Å². The van der Waals surface area contributed by atoms with Gasteiger partial charge in [-0.2, -0.15) is 0 Å². The summed E-state index contributed by atoms with van der Waals surface area (Å²) in [4.78, 5) is 0. The van der Waals surface area contributed by atoms with E-state index in [0.29, 0.717) is 16.6 Å². The Bertz CT molecular complexity index is 606. The van der Waals surface area contributed by atoms with Crippen LogP contribution in [0.15, 0.2) is 46.9 Å². The zero-order chi connectivity index (χ0) is 15.5. The molecule has 0 saturated carbocycles. The molecule has 2 N–H and O–H groups in total. The van der Waals surface area contributed by atoms with Crippen molar-refractivity contribution in [1.29, 1.82) is 0 Å². The maximum atomic E-state index is 14.2. The van der Waals surface area contributed by atoms with Crippen LogP contribution in [0, 0.1) is 5.82 Å². The first-order chi connectivity index (χ1) is 9.88. The molecule has 0 aliphatic heterocycles. The molecule has 0 aliphatic carbocycles. The molecule has 0 aromatic heterocycles. The predicted molar refractivity (Wildman–Crippen MR) is 89.7 cm³/mol. The molecule has 0 fully saturated rings. The molecule has 0 aliphatic rings. The van der Waals surface area contributed by atoms with E-state index in [1.807, 2.05) is 42.5 Å². The normalized spacial score (nSPS) is 11.5. The molecule has 0 unspecified atom stereocenters. The summed E-state index contributed by atoms with van der Waals surface area (Å²) in [5.41, 5.74) is 8.79. The van der Waals surface area contributed by atoms with E-state index < -0.39 is 0 Å². The van der Waals surface area contributed by atoms with Crippen LogP contribution in [0.25, 0.3) is 0 Å². The molecular weight excluding hydrogens is 331 g/mol. The van der Waals surface area contributed by atoms with Gasteiger partial charge in [0.25, 0.3) is 0 Å². The van der Waals surface area contributed by atoms with Crippen molar-refractivity contribution >= 4 is 21.6 Å². The van der Waals surface area contributed by atoms with Crippen molar-refractivity contribution in [3.8, 4) is 0 Å².